The van der Waals surface area contributed by atoms with Crippen molar-refractivity contribution in [1.82, 2.24) is 14.8 Å². The lowest BCUT2D eigenvalue weighted by atomic mass is 10.1. The van der Waals surface area contributed by atoms with Gasteiger partial charge in [0.15, 0.2) is 5.58 Å². The number of fused-ring (bicyclic) bond motifs is 1. The summed E-state index contributed by atoms with van der Waals surface area (Å²) in [6, 6.07) is 10.3. The first-order valence-electron chi connectivity index (χ1n) is 6.66. The molecule has 2 N–H and O–H groups in total. The maximum absolute atomic E-state index is 11.5. The highest BCUT2D eigenvalue weighted by Gasteiger charge is 2.09. The minimum Gasteiger partial charge on any atom is -0.408 e. The van der Waals surface area contributed by atoms with Gasteiger partial charge in [0.25, 0.3) is 0 Å². The van der Waals surface area contributed by atoms with Gasteiger partial charge >= 0.3 is 5.76 Å². The van der Waals surface area contributed by atoms with Crippen molar-refractivity contribution >= 4 is 11.1 Å². The van der Waals surface area contributed by atoms with Gasteiger partial charge in [-0.3, -0.25) is 4.57 Å². The van der Waals surface area contributed by atoms with Crippen LogP contribution in [0.2, 0.25) is 0 Å². The molecule has 0 aliphatic rings. The van der Waals surface area contributed by atoms with E-state index >= 15 is 0 Å². The second-order valence-electron chi connectivity index (χ2n) is 4.96. The summed E-state index contributed by atoms with van der Waals surface area (Å²) in [6.45, 7) is 0. The highest BCUT2D eigenvalue weighted by atomic mass is 16.4. The first kappa shape index (κ1) is 14.0. The standard InChI is InChI=1S/C15H13N5O2/c1-20-13-6-9(2-5-14(13)22-15(20)21)12-4-3-11(18-19-12)7-10(17)8-16/h2-6,10H,7,17H2,1H3. The van der Waals surface area contributed by atoms with Gasteiger partial charge in [-0.25, -0.2) is 4.79 Å². The smallest absolute Gasteiger partial charge is 0.408 e. The monoisotopic (exact) mass is 295 g/mol. The molecule has 3 aromatic rings. The summed E-state index contributed by atoms with van der Waals surface area (Å²) in [5.41, 5.74) is 8.95. The van der Waals surface area contributed by atoms with Crippen molar-refractivity contribution in [3.63, 3.8) is 0 Å². The van der Waals surface area contributed by atoms with Gasteiger partial charge in [-0.05, 0) is 30.3 Å². The van der Waals surface area contributed by atoms with Crippen LogP contribution in [0.1, 0.15) is 5.69 Å². The van der Waals surface area contributed by atoms with E-state index in [0.29, 0.717) is 28.9 Å². The van der Waals surface area contributed by atoms with Crippen LogP contribution in [0.25, 0.3) is 22.4 Å². The Morgan fingerprint density at radius 2 is 2.18 bits per heavy atom. The Hall–Kier alpha value is -2.98. The van der Waals surface area contributed by atoms with Crippen molar-refractivity contribution in [1.29, 1.82) is 5.26 Å². The Kier molecular flexibility index (Phi) is 3.45. The second kappa shape index (κ2) is 5.42. The number of aromatic nitrogens is 3. The molecule has 0 aliphatic heterocycles. The van der Waals surface area contributed by atoms with Gasteiger partial charge in [-0.15, -0.1) is 0 Å². The van der Waals surface area contributed by atoms with Gasteiger partial charge in [0.05, 0.1) is 29.0 Å². The summed E-state index contributed by atoms with van der Waals surface area (Å²) in [4.78, 5) is 11.5. The molecule has 2 heterocycles. The number of nitrogens with zero attached hydrogens (tertiary/aromatic N) is 4. The van der Waals surface area contributed by atoms with Crippen LogP contribution in [-0.4, -0.2) is 20.8 Å². The lowest BCUT2D eigenvalue weighted by molar-refractivity contribution is 0.528. The Labute approximate surface area is 125 Å². The summed E-state index contributed by atoms with van der Waals surface area (Å²) in [6.07, 6.45) is 0.360. The first-order chi connectivity index (χ1) is 10.6. The lowest BCUT2D eigenvalue weighted by Gasteiger charge is -2.04. The summed E-state index contributed by atoms with van der Waals surface area (Å²) in [7, 11) is 1.65. The maximum atomic E-state index is 11.5. The van der Waals surface area contributed by atoms with Crippen LogP contribution < -0.4 is 11.5 Å². The van der Waals surface area contributed by atoms with E-state index in [1.165, 1.54) is 4.57 Å². The second-order valence-corrected chi connectivity index (χ2v) is 4.96. The fraction of sp³-hybridized carbons (Fsp3) is 0.200. The van der Waals surface area contributed by atoms with Crippen LogP contribution in [0.15, 0.2) is 39.5 Å². The van der Waals surface area contributed by atoms with E-state index < -0.39 is 11.8 Å². The molecule has 0 aliphatic carbocycles. The quantitative estimate of drug-likeness (QED) is 0.771. The highest BCUT2D eigenvalue weighted by Crippen LogP contribution is 2.22. The number of hydrogen-bond acceptors (Lipinski definition) is 6. The molecule has 0 saturated heterocycles. The number of nitrogens with two attached hydrogens (primary N) is 1. The van der Waals surface area contributed by atoms with Crippen LogP contribution in [0, 0.1) is 11.3 Å². The van der Waals surface area contributed by atoms with Crippen molar-refractivity contribution < 1.29 is 4.42 Å². The van der Waals surface area contributed by atoms with Crippen molar-refractivity contribution in [2.24, 2.45) is 12.8 Å². The molecular weight excluding hydrogens is 282 g/mol. The number of nitriles is 1. The molecule has 110 valence electrons. The Balaban J connectivity index is 1.95. The van der Waals surface area contributed by atoms with Gasteiger partial charge in [0.2, 0.25) is 0 Å². The number of rotatable bonds is 3. The Morgan fingerprint density at radius 1 is 1.36 bits per heavy atom. The Morgan fingerprint density at radius 3 is 2.86 bits per heavy atom. The third-order valence-electron chi connectivity index (χ3n) is 3.40. The van der Waals surface area contributed by atoms with Crippen LogP contribution >= 0.6 is 0 Å². The summed E-state index contributed by atoms with van der Waals surface area (Å²) < 4.78 is 6.53. The van der Waals surface area contributed by atoms with Crippen LogP contribution in [0.3, 0.4) is 0 Å². The molecule has 7 heteroatoms. The van der Waals surface area contributed by atoms with Crippen LogP contribution in [-0.2, 0) is 13.5 Å². The largest absolute Gasteiger partial charge is 0.419 e. The van der Waals surface area contributed by atoms with E-state index in [1.807, 2.05) is 24.3 Å². The zero-order valence-corrected chi connectivity index (χ0v) is 11.9. The van der Waals surface area contributed by atoms with Crippen molar-refractivity contribution in [2.75, 3.05) is 0 Å². The lowest BCUT2D eigenvalue weighted by Crippen LogP contribution is -2.20. The molecule has 0 spiro atoms. The average molecular weight is 295 g/mol. The average Bonchev–Trinajstić information content (AvgIpc) is 2.82. The molecule has 1 atom stereocenters. The molecule has 0 amide bonds. The number of benzene rings is 1. The third kappa shape index (κ3) is 2.47. The van der Waals surface area contributed by atoms with Gasteiger partial charge in [0, 0.05) is 19.0 Å². The Bertz CT molecular complexity index is 918. The molecule has 1 aromatic carbocycles. The van der Waals surface area contributed by atoms with Gasteiger partial charge < -0.3 is 10.2 Å². The van der Waals surface area contributed by atoms with E-state index in [-0.39, 0.29) is 0 Å². The molecular formula is C15H13N5O2. The molecule has 0 radical (unpaired) electrons. The molecule has 0 fully saturated rings. The molecule has 0 bridgehead atoms. The predicted octanol–water partition coefficient (Wildman–Crippen LogP) is 0.982. The third-order valence-corrected chi connectivity index (χ3v) is 3.40. The van der Waals surface area contributed by atoms with E-state index in [4.69, 9.17) is 15.4 Å². The number of hydrogen-bond donors (Lipinski definition) is 1. The van der Waals surface area contributed by atoms with Gasteiger partial charge in [-0.1, -0.05) is 0 Å². The number of aryl methyl sites for hydroxylation is 1. The fourth-order valence-corrected chi connectivity index (χ4v) is 2.18. The summed E-state index contributed by atoms with van der Waals surface area (Å²) in [5.74, 6) is -0.404. The fourth-order valence-electron chi connectivity index (χ4n) is 2.18. The van der Waals surface area contributed by atoms with E-state index in [9.17, 15) is 4.79 Å². The molecule has 0 saturated carbocycles. The van der Waals surface area contributed by atoms with Gasteiger partial charge in [-0.2, -0.15) is 15.5 Å². The van der Waals surface area contributed by atoms with E-state index in [2.05, 4.69) is 10.2 Å². The molecule has 3 rings (SSSR count). The minimum absolute atomic E-state index is 0.360. The van der Waals surface area contributed by atoms with Crippen LogP contribution in [0.5, 0.6) is 0 Å². The molecule has 1 unspecified atom stereocenters. The molecule has 7 nitrogen and oxygen atoms in total. The van der Waals surface area contributed by atoms with Gasteiger partial charge in [0.1, 0.15) is 0 Å². The van der Waals surface area contributed by atoms with E-state index in [0.717, 1.165) is 5.56 Å². The SMILES string of the molecule is Cn1c(=O)oc2ccc(-c3ccc(CC(N)C#N)nn3)cc21. The minimum atomic E-state index is -0.586. The first-order valence-corrected chi connectivity index (χ1v) is 6.66. The molecule has 2 aromatic heterocycles. The topological polar surface area (TPSA) is 111 Å². The normalized spacial score (nSPS) is 12.2. The highest BCUT2D eigenvalue weighted by molar-refractivity contribution is 5.79. The van der Waals surface area contributed by atoms with Crippen molar-refractivity contribution in [3.05, 3.63) is 46.6 Å². The number of oxazole rings is 1. The van der Waals surface area contributed by atoms with Crippen molar-refractivity contribution in [2.45, 2.75) is 12.5 Å². The maximum Gasteiger partial charge on any atom is 0.419 e. The summed E-state index contributed by atoms with van der Waals surface area (Å²) >= 11 is 0. The zero-order valence-electron chi connectivity index (χ0n) is 11.9. The van der Waals surface area contributed by atoms with Crippen molar-refractivity contribution in [3.8, 4) is 17.3 Å². The van der Waals surface area contributed by atoms with E-state index in [1.54, 1.807) is 19.2 Å². The predicted molar refractivity (Wildman–Crippen MR) is 79.8 cm³/mol. The molecule has 22 heavy (non-hydrogen) atoms. The van der Waals surface area contributed by atoms with Crippen LogP contribution in [0.4, 0.5) is 0 Å². The summed E-state index contributed by atoms with van der Waals surface area (Å²) in [5, 5.41) is 16.9. The zero-order chi connectivity index (χ0) is 15.7.